The summed E-state index contributed by atoms with van der Waals surface area (Å²) in [4.78, 5) is 16.1. The molecule has 1 aliphatic heterocycles. The predicted molar refractivity (Wildman–Crippen MR) is 98.2 cm³/mol. The van der Waals surface area contributed by atoms with Gasteiger partial charge in [0.2, 0.25) is 0 Å². The van der Waals surface area contributed by atoms with Crippen molar-refractivity contribution in [3.05, 3.63) is 101 Å². The van der Waals surface area contributed by atoms with E-state index in [4.69, 9.17) is 4.74 Å². The molecule has 4 rings (SSSR count). The summed E-state index contributed by atoms with van der Waals surface area (Å²) in [6.07, 6.45) is 2.26. The molecule has 1 amide bonds. The number of halogens is 1. The molecule has 27 heavy (non-hydrogen) atoms. The SMILES string of the molecule is O=C1N[C@H](c2cncc(C#Cc3ccccc3)c2)[C@@H](c2ccc(F)cc2)O1. The Labute approximate surface area is 156 Å². The van der Waals surface area contributed by atoms with Crippen LogP contribution in [0.5, 0.6) is 0 Å². The number of hydrogen-bond donors (Lipinski definition) is 1. The number of aromatic nitrogens is 1. The van der Waals surface area contributed by atoms with E-state index in [1.165, 1.54) is 12.1 Å². The lowest BCUT2D eigenvalue weighted by atomic mass is 9.97. The van der Waals surface area contributed by atoms with Crippen LogP contribution in [0.15, 0.2) is 73.1 Å². The highest BCUT2D eigenvalue weighted by atomic mass is 19.1. The fraction of sp³-hybridized carbons (Fsp3) is 0.0909. The van der Waals surface area contributed by atoms with Crippen molar-refractivity contribution in [3.8, 4) is 11.8 Å². The van der Waals surface area contributed by atoms with Gasteiger partial charge in [-0.15, -0.1) is 0 Å². The van der Waals surface area contributed by atoms with Crippen molar-refractivity contribution in [1.29, 1.82) is 0 Å². The molecule has 132 valence electrons. The Morgan fingerprint density at radius 3 is 2.44 bits per heavy atom. The third-order valence-corrected chi connectivity index (χ3v) is 4.25. The molecule has 1 aliphatic rings. The molecule has 3 aromatic rings. The van der Waals surface area contributed by atoms with Gasteiger partial charge >= 0.3 is 6.09 Å². The van der Waals surface area contributed by atoms with Gasteiger partial charge in [-0.2, -0.15) is 0 Å². The molecule has 1 saturated heterocycles. The standard InChI is InChI=1S/C22H15FN2O2/c23-19-10-8-17(9-11-19)21-20(25-22(26)27-21)18-12-16(13-24-14-18)7-6-15-4-2-1-3-5-15/h1-5,8-14,20-21H,(H,25,26)/t20-,21-/m1/s1. The molecule has 2 aromatic carbocycles. The molecule has 0 radical (unpaired) electrons. The molecule has 0 bridgehead atoms. The molecular formula is C22H15FN2O2. The van der Waals surface area contributed by atoms with Crippen molar-refractivity contribution in [2.45, 2.75) is 12.1 Å². The number of amides is 1. The smallest absolute Gasteiger partial charge is 0.408 e. The Morgan fingerprint density at radius 2 is 1.67 bits per heavy atom. The van der Waals surface area contributed by atoms with Crippen LogP contribution in [0, 0.1) is 17.7 Å². The van der Waals surface area contributed by atoms with E-state index in [9.17, 15) is 9.18 Å². The number of benzene rings is 2. The van der Waals surface area contributed by atoms with Crippen molar-refractivity contribution in [2.24, 2.45) is 0 Å². The maximum Gasteiger partial charge on any atom is 0.408 e. The van der Waals surface area contributed by atoms with Crippen LogP contribution in [0.1, 0.15) is 34.4 Å². The Balaban J connectivity index is 1.63. The maximum absolute atomic E-state index is 13.2. The van der Waals surface area contributed by atoms with Gasteiger partial charge in [0.25, 0.3) is 0 Å². The second-order valence-corrected chi connectivity index (χ2v) is 6.12. The highest BCUT2D eigenvalue weighted by Gasteiger charge is 2.36. The van der Waals surface area contributed by atoms with Crippen molar-refractivity contribution in [3.63, 3.8) is 0 Å². The molecule has 2 heterocycles. The summed E-state index contributed by atoms with van der Waals surface area (Å²) in [6, 6.07) is 17.0. The quantitative estimate of drug-likeness (QED) is 0.701. The molecule has 1 fully saturated rings. The molecule has 2 atom stereocenters. The third-order valence-electron chi connectivity index (χ3n) is 4.25. The maximum atomic E-state index is 13.2. The minimum Gasteiger partial charge on any atom is -0.439 e. The molecule has 1 N–H and O–H groups in total. The summed E-state index contributed by atoms with van der Waals surface area (Å²) >= 11 is 0. The van der Waals surface area contributed by atoms with E-state index in [1.807, 2.05) is 36.4 Å². The highest BCUT2D eigenvalue weighted by molar-refractivity contribution is 5.71. The number of nitrogens with zero attached hydrogens (tertiary/aromatic N) is 1. The first-order valence-corrected chi connectivity index (χ1v) is 8.44. The minimum atomic E-state index is -0.558. The van der Waals surface area contributed by atoms with Crippen LogP contribution in [0.4, 0.5) is 9.18 Å². The topological polar surface area (TPSA) is 51.2 Å². The summed E-state index contributed by atoms with van der Waals surface area (Å²) in [5.74, 6) is 5.83. The van der Waals surface area contributed by atoms with E-state index < -0.39 is 18.2 Å². The van der Waals surface area contributed by atoms with E-state index in [2.05, 4.69) is 22.1 Å². The number of pyridine rings is 1. The van der Waals surface area contributed by atoms with Gasteiger partial charge in [-0.05, 0) is 41.5 Å². The van der Waals surface area contributed by atoms with Crippen LogP contribution in [-0.2, 0) is 4.74 Å². The summed E-state index contributed by atoms with van der Waals surface area (Å²) in [7, 11) is 0. The van der Waals surface area contributed by atoms with Gasteiger partial charge in [0.05, 0.1) is 0 Å². The summed E-state index contributed by atoms with van der Waals surface area (Å²) in [5.41, 5.74) is 3.12. The fourth-order valence-electron chi connectivity index (χ4n) is 2.95. The number of carbonyl (C=O) groups is 1. The van der Waals surface area contributed by atoms with Gasteiger partial charge in [0.1, 0.15) is 11.9 Å². The van der Waals surface area contributed by atoms with E-state index in [0.717, 1.165) is 16.7 Å². The fourth-order valence-corrected chi connectivity index (χ4v) is 2.95. The number of nitrogens with one attached hydrogen (secondary N) is 1. The molecule has 4 nitrogen and oxygen atoms in total. The van der Waals surface area contributed by atoms with E-state index in [0.29, 0.717) is 5.56 Å². The van der Waals surface area contributed by atoms with Gasteiger partial charge in [0, 0.05) is 23.5 Å². The van der Waals surface area contributed by atoms with Crippen LogP contribution in [0.3, 0.4) is 0 Å². The summed E-state index contributed by atoms with van der Waals surface area (Å²) < 4.78 is 18.6. The van der Waals surface area contributed by atoms with Crippen LogP contribution in [0.2, 0.25) is 0 Å². The number of alkyl carbamates (subject to hydrolysis) is 1. The van der Waals surface area contributed by atoms with Gasteiger partial charge in [0.15, 0.2) is 6.10 Å². The number of rotatable bonds is 2. The normalized spacial score (nSPS) is 18.2. The Hall–Kier alpha value is -3.65. The third kappa shape index (κ3) is 3.80. The first-order chi connectivity index (χ1) is 13.2. The molecular weight excluding hydrogens is 343 g/mol. The Bertz CT molecular complexity index is 1020. The number of ether oxygens (including phenoxy) is 1. The molecule has 0 unspecified atom stereocenters. The van der Waals surface area contributed by atoms with E-state index in [1.54, 1.807) is 24.5 Å². The first-order valence-electron chi connectivity index (χ1n) is 8.44. The minimum absolute atomic E-state index is 0.340. The van der Waals surface area contributed by atoms with Gasteiger partial charge in [-0.3, -0.25) is 4.98 Å². The Morgan fingerprint density at radius 1 is 0.926 bits per heavy atom. The highest BCUT2D eigenvalue weighted by Crippen LogP contribution is 2.36. The lowest BCUT2D eigenvalue weighted by Gasteiger charge is -2.17. The van der Waals surface area contributed by atoms with Gasteiger partial charge in [-0.1, -0.05) is 42.2 Å². The lowest BCUT2D eigenvalue weighted by molar-refractivity contribution is 0.132. The molecule has 0 saturated carbocycles. The average molecular weight is 358 g/mol. The largest absolute Gasteiger partial charge is 0.439 e. The molecule has 5 heteroatoms. The van der Waals surface area contributed by atoms with Gasteiger partial charge < -0.3 is 10.1 Å². The summed E-state index contributed by atoms with van der Waals surface area (Å²) in [6.45, 7) is 0. The Kier molecular flexibility index (Phi) is 4.54. The summed E-state index contributed by atoms with van der Waals surface area (Å²) in [5, 5.41) is 2.79. The first kappa shape index (κ1) is 16.8. The van der Waals surface area contributed by atoms with Crippen molar-refractivity contribution in [1.82, 2.24) is 10.3 Å². The second-order valence-electron chi connectivity index (χ2n) is 6.12. The number of hydrogen-bond acceptors (Lipinski definition) is 3. The molecule has 0 aliphatic carbocycles. The van der Waals surface area contributed by atoms with Crippen LogP contribution >= 0.6 is 0 Å². The monoisotopic (exact) mass is 358 g/mol. The zero-order chi connectivity index (χ0) is 18.6. The average Bonchev–Trinajstić information content (AvgIpc) is 3.10. The lowest BCUT2D eigenvalue weighted by Crippen LogP contribution is -2.19. The predicted octanol–water partition coefficient (Wildman–Crippen LogP) is 4.14. The van der Waals surface area contributed by atoms with Crippen LogP contribution < -0.4 is 5.32 Å². The van der Waals surface area contributed by atoms with Crippen molar-refractivity contribution in [2.75, 3.05) is 0 Å². The van der Waals surface area contributed by atoms with Crippen molar-refractivity contribution >= 4 is 6.09 Å². The van der Waals surface area contributed by atoms with E-state index >= 15 is 0 Å². The van der Waals surface area contributed by atoms with Crippen LogP contribution in [-0.4, -0.2) is 11.1 Å². The van der Waals surface area contributed by atoms with Crippen LogP contribution in [0.25, 0.3) is 0 Å². The molecule has 1 aromatic heterocycles. The van der Waals surface area contributed by atoms with E-state index in [-0.39, 0.29) is 5.82 Å². The zero-order valence-electron chi connectivity index (χ0n) is 14.2. The molecule has 0 spiro atoms. The van der Waals surface area contributed by atoms with Gasteiger partial charge in [-0.25, -0.2) is 9.18 Å². The van der Waals surface area contributed by atoms with Crippen molar-refractivity contribution < 1.29 is 13.9 Å². The number of carbonyl (C=O) groups excluding carboxylic acids is 1. The zero-order valence-corrected chi connectivity index (χ0v) is 14.2. The second kappa shape index (κ2) is 7.30. The number of cyclic esters (lactones) is 1.